The van der Waals surface area contributed by atoms with Gasteiger partial charge < -0.3 is 4.74 Å². The molecule has 0 unspecified atom stereocenters. The highest BCUT2D eigenvalue weighted by Gasteiger charge is 2.19. The molecule has 1 aromatic carbocycles. The Labute approximate surface area is 171 Å². The molecular weight excluding hydrogens is 383 g/mol. The van der Waals surface area contributed by atoms with Crippen molar-refractivity contribution in [3.8, 4) is 33.7 Å². The summed E-state index contributed by atoms with van der Waals surface area (Å²) in [6.07, 6.45) is 9.26. The van der Waals surface area contributed by atoms with Crippen LogP contribution in [0.3, 0.4) is 0 Å². The topological polar surface area (TPSA) is 62.2 Å². The van der Waals surface area contributed by atoms with E-state index in [0.717, 1.165) is 33.5 Å². The molecule has 5 aromatic rings. The second-order valence-electron chi connectivity index (χ2n) is 7.09. The fraction of sp³-hybridized carbons (Fsp3) is 0.136. The first-order valence-electron chi connectivity index (χ1n) is 9.40. The molecule has 0 atom stereocenters. The van der Waals surface area contributed by atoms with Crippen LogP contribution in [0.15, 0.2) is 61.3 Å². The van der Waals surface area contributed by atoms with E-state index in [9.17, 15) is 4.39 Å². The summed E-state index contributed by atoms with van der Waals surface area (Å²) in [5.41, 5.74) is 6.12. The lowest BCUT2D eigenvalue weighted by atomic mass is 10.1. The van der Waals surface area contributed by atoms with Gasteiger partial charge in [-0.1, -0.05) is 6.07 Å². The van der Waals surface area contributed by atoms with Gasteiger partial charge in [0, 0.05) is 47.4 Å². The predicted octanol–water partition coefficient (Wildman–Crippen LogP) is 4.04. The van der Waals surface area contributed by atoms with Gasteiger partial charge in [-0.2, -0.15) is 15.3 Å². The van der Waals surface area contributed by atoms with Crippen LogP contribution in [0.1, 0.15) is 5.69 Å². The van der Waals surface area contributed by atoms with Crippen LogP contribution < -0.4 is 4.74 Å². The van der Waals surface area contributed by atoms with Crippen molar-refractivity contribution in [2.45, 2.75) is 6.92 Å². The molecule has 150 valence electrons. The first-order chi connectivity index (χ1) is 14.5. The third-order valence-electron chi connectivity index (χ3n) is 5.19. The van der Waals surface area contributed by atoms with Crippen molar-refractivity contribution < 1.29 is 9.13 Å². The number of hydrogen-bond acceptors (Lipinski definition) is 4. The van der Waals surface area contributed by atoms with Crippen LogP contribution >= 0.6 is 0 Å². The number of rotatable bonds is 4. The van der Waals surface area contributed by atoms with Crippen LogP contribution in [-0.4, -0.2) is 36.3 Å². The van der Waals surface area contributed by atoms with Gasteiger partial charge in [-0.15, -0.1) is 0 Å². The number of ether oxygens (including phenoxy) is 1. The fourth-order valence-electron chi connectivity index (χ4n) is 3.71. The summed E-state index contributed by atoms with van der Waals surface area (Å²) < 4.78 is 24.6. The lowest BCUT2D eigenvalue weighted by Crippen LogP contribution is -1.99. The molecule has 0 N–H and O–H groups in total. The zero-order valence-corrected chi connectivity index (χ0v) is 16.7. The van der Waals surface area contributed by atoms with Crippen LogP contribution in [0.5, 0.6) is 5.75 Å². The third-order valence-corrected chi connectivity index (χ3v) is 5.19. The Bertz CT molecular complexity index is 1380. The Morgan fingerprint density at radius 2 is 1.77 bits per heavy atom. The van der Waals surface area contributed by atoms with Gasteiger partial charge in [0.1, 0.15) is 17.1 Å². The number of methoxy groups -OCH3 is 1. The van der Waals surface area contributed by atoms with Crippen LogP contribution in [-0.2, 0) is 7.05 Å². The summed E-state index contributed by atoms with van der Waals surface area (Å²) in [6.45, 7) is 1.95. The number of hydrogen-bond donors (Lipinski definition) is 0. The molecule has 7 nitrogen and oxygen atoms in total. The van der Waals surface area contributed by atoms with Gasteiger partial charge in [-0.3, -0.25) is 4.68 Å². The molecular formula is C22H19FN6O. The van der Waals surface area contributed by atoms with E-state index in [1.807, 2.05) is 38.5 Å². The number of aryl methyl sites for hydroxylation is 1. The molecule has 0 aliphatic carbocycles. The van der Waals surface area contributed by atoms with Crippen LogP contribution in [0, 0.1) is 12.7 Å². The normalized spacial score (nSPS) is 11.3. The van der Waals surface area contributed by atoms with Gasteiger partial charge in [-0.25, -0.2) is 13.6 Å². The second-order valence-corrected chi connectivity index (χ2v) is 7.09. The minimum Gasteiger partial charge on any atom is -0.494 e. The summed E-state index contributed by atoms with van der Waals surface area (Å²) in [4.78, 5) is 0. The lowest BCUT2D eigenvalue weighted by molar-refractivity contribution is 0.418. The molecule has 0 saturated carbocycles. The van der Waals surface area contributed by atoms with E-state index in [4.69, 9.17) is 4.74 Å². The zero-order chi connectivity index (χ0) is 20.8. The molecule has 0 fully saturated rings. The Balaban J connectivity index is 1.66. The van der Waals surface area contributed by atoms with Crippen molar-refractivity contribution in [2.75, 3.05) is 7.11 Å². The molecule has 0 aliphatic rings. The summed E-state index contributed by atoms with van der Waals surface area (Å²) in [5.74, 6) is 0.395. The lowest BCUT2D eigenvalue weighted by Gasteiger charge is -2.09. The van der Waals surface area contributed by atoms with Gasteiger partial charge in [0.2, 0.25) is 0 Å². The minimum absolute atomic E-state index is 0.301. The van der Waals surface area contributed by atoms with Gasteiger partial charge in [0.05, 0.1) is 31.4 Å². The molecule has 30 heavy (non-hydrogen) atoms. The maximum atomic E-state index is 13.7. The van der Waals surface area contributed by atoms with Crippen LogP contribution in [0.4, 0.5) is 4.39 Å². The number of aromatic nitrogens is 6. The summed E-state index contributed by atoms with van der Waals surface area (Å²) in [7, 11) is 3.52. The molecule has 5 rings (SSSR count). The Morgan fingerprint density at radius 1 is 0.933 bits per heavy atom. The molecule has 0 radical (unpaired) electrons. The first kappa shape index (κ1) is 18.1. The van der Waals surface area contributed by atoms with Crippen molar-refractivity contribution in [2.24, 2.45) is 7.05 Å². The number of fused-ring (bicyclic) bond motifs is 1. The first-order valence-corrected chi connectivity index (χ1v) is 9.40. The standard InChI is InChI=1S/C22H19FN6O/c1-14-19(10-26-29(14)18-6-4-5-17(23)8-18)20-11-25-28-13-15(7-21(30-3)22(20)28)16-9-24-27(2)12-16/h4-13H,1-3H3. The van der Waals surface area contributed by atoms with Gasteiger partial charge in [-0.05, 0) is 31.2 Å². The molecule has 0 bridgehead atoms. The summed E-state index contributed by atoms with van der Waals surface area (Å²) >= 11 is 0. The Kier molecular flexibility index (Phi) is 4.13. The molecule has 0 spiro atoms. The van der Waals surface area contributed by atoms with E-state index in [0.29, 0.717) is 11.4 Å². The predicted molar refractivity (Wildman–Crippen MR) is 111 cm³/mol. The van der Waals surface area contributed by atoms with Crippen molar-refractivity contribution in [1.82, 2.24) is 29.2 Å². The number of nitrogens with zero attached hydrogens (tertiary/aromatic N) is 6. The average molecular weight is 402 g/mol. The maximum absolute atomic E-state index is 13.7. The Morgan fingerprint density at radius 3 is 2.50 bits per heavy atom. The highest BCUT2D eigenvalue weighted by atomic mass is 19.1. The van der Waals surface area contributed by atoms with Gasteiger partial charge >= 0.3 is 0 Å². The molecule has 4 aromatic heterocycles. The van der Waals surface area contributed by atoms with Gasteiger partial charge in [0.15, 0.2) is 0 Å². The van der Waals surface area contributed by atoms with E-state index >= 15 is 0 Å². The molecule has 4 heterocycles. The van der Waals surface area contributed by atoms with Crippen LogP contribution in [0.2, 0.25) is 0 Å². The molecule has 8 heteroatoms. The van der Waals surface area contributed by atoms with Crippen molar-refractivity contribution >= 4 is 5.52 Å². The summed E-state index contributed by atoms with van der Waals surface area (Å²) in [6, 6.07) is 8.34. The zero-order valence-electron chi connectivity index (χ0n) is 16.7. The van der Waals surface area contributed by atoms with E-state index in [1.54, 1.807) is 45.6 Å². The SMILES string of the molecule is COc1cc(-c2cnn(C)c2)cn2ncc(-c3cnn(-c4cccc(F)c4)c3C)c12. The second kappa shape index (κ2) is 6.84. The molecule has 0 saturated heterocycles. The van der Waals surface area contributed by atoms with Crippen molar-refractivity contribution in [1.29, 1.82) is 0 Å². The quantitative estimate of drug-likeness (QED) is 0.455. The van der Waals surface area contributed by atoms with Crippen LogP contribution in [0.25, 0.3) is 33.5 Å². The van der Waals surface area contributed by atoms with E-state index in [1.165, 1.54) is 12.1 Å². The van der Waals surface area contributed by atoms with Gasteiger partial charge in [0.25, 0.3) is 0 Å². The Hall–Kier alpha value is -3.94. The number of benzene rings is 1. The highest BCUT2D eigenvalue weighted by Crippen LogP contribution is 2.36. The largest absolute Gasteiger partial charge is 0.494 e. The van der Waals surface area contributed by atoms with E-state index in [2.05, 4.69) is 15.3 Å². The monoisotopic (exact) mass is 402 g/mol. The third kappa shape index (κ3) is 2.85. The average Bonchev–Trinajstić information content (AvgIpc) is 3.45. The maximum Gasteiger partial charge on any atom is 0.145 e. The minimum atomic E-state index is -0.301. The van der Waals surface area contributed by atoms with E-state index < -0.39 is 0 Å². The smallest absolute Gasteiger partial charge is 0.145 e. The fourth-order valence-corrected chi connectivity index (χ4v) is 3.71. The highest BCUT2D eigenvalue weighted by molar-refractivity contribution is 5.87. The molecule has 0 aliphatic heterocycles. The summed E-state index contributed by atoms with van der Waals surface area (Å²) in [5, 5.41) is 13.3. The number of pyridine rings is 1. The van der Waals surface area contributed by atoms with Crippen molar-refractivity contribution in [3.05, 3.63) is 72.8 Å². The number of halogens is 1. The van der Waals surface area contributed by atoms with E-state index in [-0.39, 0.29) is 5.82 Å². The van der Waals surface area contributed by atoms with Crippen molar-refractivity contribution in [3.63, 3.8) is 0 Å². The molecule has 0 amide bonds.